The molecular weight excluding hydrogens is 238 g/mol. The number of unbranched alkanes of at least 4 members (excludes halogenated alkanes) is 1. The molecule has 0 aromatic carbocycles. The number of nitrogens with one attached hydrogen (secondary N) is 1. The highest BCUT2D eigenvalue weighted by atomic mass is 16.2. The van der Waals surface area contributed by atoms with Crippen LogP contribution in [0.4, 0.5) is 0 Å². The van der Waals surface area contributed by atoms with Crippen LogP contribution in [0.25, 0.3) is 0 Å². The van der Waals surface area contributed by atoms with E-state index in [9.17, 15) is 4.79 Å². The second-order valence-electron chi connectivity index (χ2n) is 6.18. The molecule has 0 aliphatic heterocycles. The van der Waals surface area contributed by atoms with Gasteiger partial charge in [0.2, 0.25) is 5.91 Å². The van der Waals surface area contributed by atoms with Gasteiger partial charge in [0, 0.05) is 12.5 Å². The number of nitrogens with zero attached hydrogens (tertiary/aromatic N) is 1. The fourth-order valence-corrected chi connectivity index (χ4v) is 2.84. The van der Waals surface area contributed by atoms with Crippen LogP contribution in [0.15, 0.2) is 0 Å². The van der Waals surface area contributed by atoms with Crippen molar-refractivity contribution in [1.82, 2.24) is 10.3 Å². The zero-order chi connectivity index (χ0) is 14.1. The first-order chi connectivity index (χ1) is 9.13. The van der Waals surface area contributed by atoms with Crippen molar-refractivity contribution in [2.24, 2.45) is 11.8 Å². The molecule has 112 valence electrons. The molecule has 0 unspecified atom stereocenters. The summed E-state index contributed by atoms with van der Waals surface area (Å²) < 4.78 is 0. The summed E-state index contributed by atoms with van der Waals surface area (Å²) in [4.78, 5) is 13.7. The molecule has 1 saturated carbocycles. The van der Waals surface area contributed by atoms with Crippen molar-refractivity contribution in [2.75, 3.05) is 13.1 Å². The lowest BCUT2D eigenvalue weighted by Gasteiger charge is -2.29. The SMILES string of the molecule is CC(C)CCN(CCCCC(=O)NN)C1CCCC1. The molecule has 0 bridgehead atoms. The van der Waals surface area contributed by atoms with Gasteiger partial charge in [0.25, 0.3) is 0 Å². The normalized spacial score (nSPS) is 16.5. The van der Waals surface area contributed by atoms with Crippen LogP contribution in [-0.4, -0.2) is 29.9 Å². The van der Waals surface area contributed by atoms with Crippen molar-refractivity contribution in [1.29, 1.82) is 0 Å². The first-order valence-corrected chi connectivity index (χ1v) is 7.87. The Hall–Kier alpha value is -0.610. The molecule has 3 N–H and O–H groups in total. The molecule has 1 rings (SSSR count). The number of carbonyl (C=O) groups excluding carboxylic acids is 1. The van der Waals surface area contributed by atoms with E-state index >= 15 is 0 Å². The van der Waals surface area contributed by atoms with Gasteiger partial charge in [-0.25, -0.2) is 5.84 Å². The molecule has 0 aromatic heterocycles. The zero-order valence-electron chi connectivity index (χ0n) is 12.7. The maximum absolute atomic E-state index is 11.1. The number of carbonyl (C=O) groups is 1. The van der Waals surface area contributed by atoms with E-state index in [-0.39, 0.29) is 5.91 Å². The highest BCUT2D eigenvalue weighted by Crippen LogP contribution is 2.24. The summed E-state index contributed by atoms with van der Waals surface area (Å²) in [5, 5.41) is 0. The summed E-state index contributed by atoms with van der Waals surface area (Å²) in [6.45, 7) is 6.93. The fourth-order valence-electron chi connectivity index (χ4n) is 2.84. The van der Waals surface area contributed by atoms with Gasteiger partial charge in [0.05, 0.1) is 0 Å². The lowest BCUT2D eigenvalue weighted by molar-refractivity contribution is -0.121. The summed E-state index contributed by atoms with van der Waals surface area (Å²) in [6, 6.07) is 0.794. The summed E-state index contributed by atoms with van der Waals surface area (Å²) in [5.74, 6) is 5.81. The van der Waals surface area contributed by atoms with E-state index in [4.69, 9.17) is 5.84 Å². The molecule has 1 aliphatic rings. The summed E-state index contributed by atoms with van der Waals surface area (Å²) in [5.41, 5.74) is 2.20. The van der Waals surface area contributed by atoms with Crippen molar-refractivity contribution < 1.29 is 4.79 Å². The Balaban J connectivity index is 2.25. The second-order valence-corrected chi connectivity index (χ2v) is 6.18. The molecule has 0 atom stereocenters. The predicted octanol–water partition coefficient (Wildman–Crippen LogP) is 2.44. The number of rotatable bonds is 9. The first kappa shape index (κ1) is 16.4. The lowest BCUT2D eigenvalue weighted by atomic mass is 10.1. The van der Waals surface area contributed by atoms with E-state index in [1.54, 1.807) is 0 Å². The Morgan fingerprint density at radius 3 is 2.53 bits per heavy atom. The van der Waals surface area contributed by atoms with Gasteiger partial charge in [-0.3, -0.25) is 10.2 Å². The van der Waals surface area contributed by atoms with Gasteiger partial charge in [-0.2, -0.15) is 0 Å². The molecular formula is C15H31N3O. The van der Waals surface area contributed by atoms with E-state index in [1.807, 2.05) is 0 Å². The summed E-state index contributed by atoms with van der Waals surface area (Å²) in [7, 11) is 0. The first-order valence-electron chi connectivity index (χ1n) is 7.87. The standard InChI is InChI=1S/C15H31N3O/c1-13(2)10-12-18(14-7-3-4-8-14)11-6-5-9-15(19)17-16/h13-14H,3-12,16H2,1-2H3,(H,17,19). The average molecular weight is 269 g/mol. The highest BCUT2D eigenvalue weighted by molar-refractivity contribution is 5.75. The largest absolute Gasteiger partial charge is 0.300 e. The second kappa shape index (κ2) is 9.32. The third kappa shape index (κ3) is 6.92. The van der Waals surface area contributed by atoms with E-state index in [2.05, 4.69) is 24.2 Å². The molecule has 19 heavy (non-hydrogen) atoms. The zero-order valence-corrected chi connectivity index (χ0v) is 12.7. The molecule has 0 aromatic rings. The van der Waals surface area contributed by atoms with E-state index in [0.717, 1.165) is 31.3 Å². The van der Waals surface area contributed by atoms with Gasteiger partial charge in [0.15, 0.2) is 0 Å². The highest BCUT2D eigenvalue weighted by Gasteiger charge is 2.21. The third-order valence-corrected chi connectivity index (χ3v) is 4.09. The van der Waals surface area contributed by atoms with Crippen molar-refractivity contribution in [2.45, 2.75) is 71.3 Å². The van der Waals surface area contributed by atoms with Gasteiger partial charge in [-0.05, 0) is 51.1 Å². The maximum Gasteiger partial charge on any atom is 0.233 e. The topological polar surface area (TPSA) is 58.4 Å². The molecule has 1 amide bonds. The minimum Gasteiger partial charge on any atom is -0.300 e. The molecule has 0 radical (unpaired) electrons. The predicted molar refractivity (Wildman–Crippen MR) is 79.5 cm³/mol. The molecule has 1 aliphatic carbocycles. The van der Waals surface area contributed by atoms with E-state index < -0.39 is 0 Å². The van der Waals surface area contributed by atoms with Crippen LogP contribution >= 0.6 is 0 Å². The fraction of sp³-hybridized carbons (Fsp3) is 0.933. The van der Waals surface area contributed by atoms with Gasteiger partial charge in [-0.1, -0.05) is 26.7 Å². The molecule has 4 heteroatoms. The minimum absolute atomic E-state index is 0.0467. The summed E-state index contributed by atoms with van der Waals surface area (Å²) in [6.07, 6.45) is 9.37. The number of hydrazine groups is 1. The average Bonchev–Trinajstić information content (AvgIpc) is 2.91. The van der Waals surface area contributed by atoms with Crippen LogP contribution < -0.4 is 11.3 Å². The Morgan fingerprint density at radius 2 is 1.95 bits per heavy atom. The van der Waals surface area contributed by atoms with Crippen LogP contribution in [0.3, 0.4) is 0 Å². The van der Waals surface area contributed by atoms with Gasteiger partial charge < -0.3 is 4.90 Å². The number of hydrogen-bond donors (Lipinski definition) is 2. The Bertz CT molecular complexity index is 250. The van der Waals surface area contributed by atoms with Crippen LogP contribution in [0.2, 0.25) is 0 Å². The smallest absolute Gasteiger partial charge is 0.233 e. The number of amides is 1. The van der Waals surface area contributed by atoms with Gasteiger partial charge in [0.1, 0.15) is 0 Å². The van der Waals surface area contributed by atoms with Crippen LogP contribution in [-0.2, 0) is 4.79 Å². The van der Waals surface area contributed by atoms with Crippen molar-refractivity contribution >= 4 is 5.91 Å². The molecule has 1 fully saturated rings. The quantitative estimate of drug-likeness (QED) is 0.292. The number of nitrogens with two attached hydrogens (primary N) is 1. The Kier molecular flexibility index (Phi) is 8.07. The van der Waals surface area contributed by atoms with Crippen LogP contribution in [0, 0.1) is 5.92 Å². The molecule has 0 spiro atoms. The lowest BCUT2D eigenvalue weighted by Crippen LogP contribution is -2.35. The monoisotopic (exact) mass is 269 g/mol. The molecule has 4 nitrogen and oxygen atoms in total. The van der Waals surface area contributed by atoms with Crippen molar-refractivity contribution in [3.8, 4) is 0 Å². The van der Waals surface area contributed by atoms with Crippen molar-refractivity contribution in [3.05, 3.63) is 0 Å². The molecule has 0 saturated heterocycles. The van der Waals surface area contributed by atoms with E-state index in [0.29, 0.717) is 6.42 Å². The third-order valence-electron chi connectivity index (χ3n) is 4.09. The van der Waals surface area contributed by atoms with Crippen LogP contribution in [0.1, 0.15) is 65.2 Å². The molecule has 0 heterocycles. The number of hydrogen-bond acceptors (Lipinski definition) is 3. The Morgan fingerprint density at radius 1 is 1.26 bits per heavy atom. The van der Waals surface area contributed by atoms with Crippen molar-refractivity contribution in [3.63, 3.8) is 0 Å². The van der Waals surface area contributed by atoms with Crippen LogP contribution in [0.5, 0.6) is 0 Å². The van der Waals surface area contributed by atoms with Gasteiger partial charge >= 0.3 is 0 Å². The Labute approximate surface area is 118 Å². The van der Waals surface area contributed by atoms with E-state index in [1.165, 1.54) is 38.6 Å². The van der Waals surface area contributed by atoms with Gasteiger partial charge in [-0.15, -0.1) is 0 Å². The summed E-state index contributed by atoms with van der Waals surface area (Å²) >= 11 is 0. The maximum atomic E-state index is 11.1. The minimum atomic E-state index is -0.0467.